The minimum Gasteiger partial charge on any atom is -0.203 e. The molecule has 5 heteroatoms. The molecule has 112 valence electrons. The predicted octanol–water partition coefficient (Wildman–Crippen LogP) is 6.03. The van der Waals surface area contributed by atoms with Gasteiger partial charge in [-0.25, -0.2) is 8.78 Å². The van der Waals surface area contributed by atoms with E-state index in [1.54, 1.807) is 12.1 Å². The van der Waals surface area contributed by atoms with Crippen LogP contribution in [0.15, 0.2) is 36.4 Å². The summed E-state index contributed by atoms with van der Waals surface area (Å²) in [5, 5.41) is 0. The number of rotatable bonds is 4. The lowest BCUT2D eigenvalue weighted by Crippen LogP contribution is -2.08. The van der Waals surface area contributed by atoms with E-state index in [9.17, 15) is 17.6 Å². The highest BCUT2D eigenvalue weighted by molar-refractivity contribution is 9.09. The quantitative estimate of drug-likeness (QED) is 0.461. The van der Waals surface area contributed by atoms with Gasteiger partial charge in [0.2, 0.25) is 0 Å². The van der Waals surface area contributed by atoms with E-state index in [1.165, 1.54) is 0 Å². The average molecular weight is 361 g/mol. The van der Waals surface area contributed by atoms with Crippen LogP contribution in [0.5, 0.6) is 0 Å². The van der Waals surface area contributed by atoms with Gasteiger partial charge >= 0.3 is 4.83 Å². The molecule has 21 heavy (non-hydrogen) atoms. The van der Waals surface area contributed by atoms with E-state index in [-0.39, 0.29) is 5.56 Å². The summed E-state index contributed by atoms with van der Waals surface area (Å²) in [5.74, 6) is -2.80. The molecule has 0 saturated carbocycles. The SMILES string of the molecule is CCCc1ccc(-c2ccc(C(F)(F)Br)c(F)c2F)cc1. The Morgan fingerprint density at radius 1 is 0.952 bits per heavy atom. The fourth-order valence-corrected chi connectivity index (χ4v) is 2.44. The molecule has 2 aromatic carbocycles. The first-order chi connectivity index (χ1) is 9.84. The first-order valence-corrected chi connectivity index (χ1v) is 7.28. The first kappa shape index (κ1) is 16.0. The molecule has 0 aromatic heterocycles. The summed E-state index contributed by atoms with van der Waals surface area (Å²) in [6.07, 6.45) is 1.88. The van der Waals surface area contributed by atoms with Crippen LogP contribution in [0, 0.1) is 11.6 Å². The van der Waals surface area contributed by atoms with Gasteiger partial charge in [-0.05, 0) is 39.5 Å². The van der Waals surface area contributed by atoms with Crippen LogP contribution in [0.25, 0.3) is 11.1 Å². The molecule has 0 heterocycles. The second-order valence-electron chi connectivity index (χ2n) is 4.73. The lowest BCUT2D eigenvalue weighted by atomic mass is 10.00. The van der Waals surface area contributed by atoms with E-state index in [0.29, 0.717) is 5.56 Å². The van der Waals surface area contributed by atoms with Crippen molar-refractivity contribution < 1.29 is 17.6 Å². The van der Waals surface area contributed by atoms with Gasteiger partial charge in [-0.3, -0.25) is 0 Å². The van der Waals surface area contributed by atoms with Gasteiger partial charge in [0.15, 0.2) is 11.6 Å². The Labute approximate surface area is 128 Å². The summed E-state index contributed by atoms with van der Waals surface area (Å²) in [6, 6.07) is 9.02. The van der Waals surface area contributed by atoms with E-state index in [2.05, 4.69) is 0 Å². The van der Waals surface area contributed by atoms with Gasteiger partial charge in [0.25, 0.3) is 0 Å². The third-order valence-corrected chi connectivity index (χ3v) is 3.62. The smallest absolute Gasteiger partial charge is 0.203 e. The molecular weight excluding hydrogens is 348 g/mol. The van der Waals surface area contributed by atoms with E-state index in [1.807, 2.05) is 35.0 Å². The van der Waals surface area contributed by atoms with Crippen molar-refractivity contribution in [3.8, 4) is 11.1 Å². The molecule has 0 nitrogen and oxygen atoms in total. The Kier molecular flexibility index (Phi) is 4.71. The number of aryl methyl sites for hydroxylation is 1. The Morgan fingerprint density at radius 2 is 1.57 bits per heavy atom. The molecule has 0 N–H and O–H groups in total. The van der Waals surface area contributed by atoms with Crippen molar-refractivity contribution in [3.63, 3.8) is 0 Å². The second-order valence-corrected chi connectivity index (χ2v) is 5.73. The van der Waals surface area contributed by atoms with Crippen molar-refractivity contribution in [2.75, 3.05) is 0 Å². The van der Waals surface area contributed by atoms with E-state index >= 15 is 0 Å². The monoisotopic (exact) mass is 360 g/mol. The van der Waals surface area contributed by atoms with E-state index < -0.39 is 22.0 Å². The number of hydrogen-bond donors (Lipinski definition) is 0. The molecule has 0 atom stereocenters. The lowest BCUT2D eigenvalue weighted by molar-refractivity contribution is 0.109. The molecule has 0 fully saturated rings. The summed E-state index contributed by atoms with van der Waals surface area (Å²) < 4.78 is 53.9. The zero-order chi connectivity index (χ0) is 15.6. The van der Waals surface area contributed by atoms with Crippen molar-refractivity contribution >= 4 is 15.9 Å². The predicted molar refractivity (Wildman–Crippen MR) is 78.6 cm³/mol. The first-order valence-electron chi connectivity index (χ1n) is 6.49. The topological polar surface area (TPSA) is 0 Å². The summed E-state index contributed by atoms with van der Waals surface area (Å²) in [5.41, 5.74) is 0.504. The molecule has 0 bridgehead atoms. The van der Waals surface area contributed by atoms with Gasteiger partial charge in [-0.2, -0.15) is 8.78 Å². The molecule has 0 radical (unpaired) electrons. The summed E-state index contributed by atoms with van der Waals surface area (Å²) in [4.78, 5) is -3.60. The molecule has 0 spiro atoms. The molecule has 0 saturated heterocycles. The molecule has 0 aliphatic heterocycles. The van der Waals surface area contributed by atoms with Gasteiger partial charge in [0.05, 0.1) is 5.56 Å². The van der Waals surface area contributed by atoms with Crippen molar-refractivity contribution in [1.29, 1.82) is 0 Å². The van der Waals surface area contributed by atoms with Crippen LogP contribution in [0.3, 0.4) is 0 Å². The Morgan fingerprint density at radius 3 is 2.10 bits per heavy atom. The Hall–Kier alpha value is -1.36. The number of benzene rings is 2. The number of hydrogen-bond acceptors (Lipinski definition) is 0. The van der Waals surface area contributed by atoms with E-state index in [4.69, 9.17) is 0 Å². The molecule has 2 rings (SSSR count). The third kappa shape index (κ3) is 3.46. The van der Waals surface area contributed by atoms with Crippen LogP contribution in [-0.4, -0.2) is 0 Å². The van der Waals surface area contributed by atoms with Crippen molar-refractivity contribution in [3.05, 3.63) is 59.2 Å². The van der Waals surface area contributed by atoms with Crippen LogP contribution < -0.4 is 0 Å². The largest absolute Gasteiger partial charge is 0.329 e. The van der Waals surface area contributed by atoms with E-state index in [0.717, 1.165) is 30.5 Å². The third-order valence-electron chi connectivity index (χ3n) is 3.19. The molecule has 2 aromatic rings. The van der Waals surface area contributed by atoms with Gasteiger partial charge in [0, 0.05) is 5.56 Å². The molecular formula is C16H13BrF4. The fourth-order valence-electron chi connectivity index (χ4n) is 2.13. The molecule has 0 amide bonds. The van der Waals surface area contributed by atoms with Crippen molar-refractivity contribution in [2.24, 2.45) is 0 Å². The van der Waals surface area contributed by atoms with Crippen molar-refractivity contribution in [1.82, 2.24) is 0 Å². The van der Waals surface area contributed by atoms with Gasteiger partial charge in [0.1, 0.15) is 0 Å². The fraction of sp³-hybridized carbons (Fsp3) is 0.250. The molecule has 0 aliphatic carbocycles. The Balaban J connectivity index is 2.43. The highest BCUT2D eigenvalue weighted by atomic mass is 79.9. The standard InChI is InChI=1S/C16H13BrF4/c1-2-3-10-4-6-11(7-5-10)12-8-9-13(16(17,20)21)15(19)14(12)18/h4-9H,2-3H2,1H3. The van der Waals surface area contributed by atoms with Crippen LogP contribution in [0.4, 0.5) is 17.6 Å². The molecule has 0 unspecified atom stereocenters. The number of alkyl halides is 3. The maximum atomic E-state index is 14.0. The van der Waals surface area contributed by atoms with Gasteiger partial charge < -0.3 is 0 Å². The average Bonchev–Trinajstić information content (AvgIpc) is 2.42. The normalized spacial score (nSPS) is 11.7. The highest BCUT2D eigenvalue weighted by Crippen LogP contribution is 2.38. The maximum Gasteiger partial charge on any atom is 0.329 e. The summed E-state index contributed by atoms with van der Waals surface area (Å²) >= 11 is 2.04. The minimum atomic E-state index is -3.60. The number of halogens is 5. The zero-order valence-corrected chi connectivity index (χ0v) is 12.9. The van der Waals surface area contributed by atoms with Crippen LogP contribution in [-0.2, 0) is 11.3 Å². The summed E-state index contributed by atoms with van der Waals surface area (Å²) in [7, 11) is 0. The second kappa shape index (κ2) is 6.18. The maximum absolute atomic E-state index is 14.0. The molecule has 0 aliphatic rings. The van der Waals surface area contributed by atoms with Crippen molar-refractivity contribution in [2.45, 2.75) is 24.6 Å². The van der Waals surface area contributed by atoms with Gasteiger partial charge in [-0.1, -0.05) is 43.7 Å². The van der Waals surface area contributed by atoms with Crippen LogP contribution in [0.1, 0.15) is 24.5 Å². The zero-order valence-electron chi connectivity index (χ0n) is 11.3. The van der Waals surface area contributed by atoms with Gasteiger partial charge in [-0.15, -0.1) is 0 Å². The van der Waals surface area contributed by atoms with Crippen LogP contribution in [0.2, 0.25) is 0 Å². The highest BCUT2D eigenvalue weighted by Gasteiger charge is 2.33. The van der Waals surface area contributed by atoms with Crippen LogP contribution >= 0.6 is 15.9 Å². The summed E-state index contributed by atoms with van der Waals surface area (Å²) in [6.45, 7) is 2.04. The lowest BCUT2D eigenvalue weighted by Gasteiger charge is -2.13. The Bertz CT molecular complexity index is 630. The minimum absolute atomic E-state index is 0.0314.